The van der Waals surface area contributed by atoms with Gasteiger partial charge in [0.25, 0.3) is 0 Å². The third-order valence-corrected chi connectivity index (χ3v) is 17.8. The number of hydrogen-bond donors (Lipinski definition) is 0. The van der Waals surface area contributed by atoms with Crippen LogP contribution in [0, 0.1) is 11.8 Å². The van der Waals surface area contributed by atoms with Crippen molar-refractivity contribution in [3.05, 3.63) is 47.7 Å². The van der Waals surface area contributed by atoms with E-state index in [9.17, 15) is 0 Å². The van der Waals surface area contributed by atoms with Crippen LogP contribution in [-0.2, 0) is 19.2 Å². The Morgan fingerprint density at radius 2 is 1.60 bits per heavy atom. The van der Waals surface area contributed by atoms with Gasteiger partial charge in [0.05, 0.1) is 0 Å². The maximum absolute atomic E-state index is 2.79. The van der Waals surface area contributed by atoms with Crippen molar-refractivity contribution in [3.8, 4) is 0 Å². The Balaban J connectivity index is 0.00000156. The van der Waals surface area contributed by atoms with Crippen molar-refractivity contribution < 1.29 is 44.0 Å². The molecule has 0 aromatic carbocycles. The molecule has 3 aliphatic rings. The Hall–Kier alpha value is 0.688. The Morgan fingerprint density at radius 3 is 2.16 bits per heavy atom. The fraction of sp³-hybridized carbons (Fsp3) is 0.600. The van der Waals surface area contributed by atoms with Crippen LogP contribution in [0.4, 0.5) is 0 Å². The van der Waals surface area contributed by atoms with Crippen LogP contribution >= 0.6 is 0 Å². The molecular weight excluding hydrogens is 415 g/mol. The molecule has 1 saturated carbocycles. The Bertz CT molecular complexity index is 596. The minimum atomic E-state index is -1.25. The number of rotatable bonds is 4. The van der Waals surface area contributed by atoms with E-state index in [2.05, 4.69) is 81.8 Å². The van der Waals surface area contributed by atoms with Gasteiger partial charge in [-0.2, -0.15) is 0 Å². The van der Waals surface area contributed by atoms with Gasteiger partial charge < -0.3 is 24.8 Å². The Labute approximate surface area is 178 Å². The topological polar surface area (TPSA) is 0 Å². The van der Waals surface area contributed by atoms with Crippen molar-refractivity contribution in [1.82, 2.24) is 0 Å². The first kappa shape index (κ1) is 23.7. The molecule has 4 unspecified atom stereocenters. The molecule has 138 valence electrons. The molecule has 0 spiro atoms. The van der Waals surface area contributed by atoms with Gasteiger partial charge in [-0.25, -0.2) is 0 Å². The van der Waals surface area contributed by atoms with Crippen LogP contribution in [0.25, 0.3) is 0 Å². The van der Waals surface area contributed by atoms with E-state index >= 15 is 0 Å². The Morgan fingerprint density at radius 1 is 0.960 bits per heavy atom. The molecule has 4 atom stereocenters. The van der Waals surface area contributed by atoms with Crippen molar-refractivity contribution in [1.29, 1.82) is 0 Å². The van der Waals surface area contributed by atoms with Crippen LogP contribution in [-0.4, -0.2) is 16.1 Å². The van der Waals surface area contributed by atoms with Crippen molar-refractivity contribution in [2.24, 2.45) is 11.8 Å². The third kappa shape index (κ3) is 4.76. The molecular formula is C20H32Cl2Si2Ti. The van der Waals surface area contributed by atoms with E-state index in [0.29, 0.717) is 3.34 Å². The van der Waals surface area contributed by atoms with Gasteiger partial charge >= 0.3 is 155 Å². The third-order valence-electron chi connectivity index (χ3n) is 6.01. The van der Waals surface area contributed by atoms with E-state index in [-0.39, 0.29) is 44.0 Å². The molecule has 0 aromatic heterocycles. The van der Waals surface area contributed by atoms with E-state index in [1.54, 1.807) is 5.20 Å². The van der Waals surface area contributed by atoms with Crippen molar-refractivity contribution in [2.45, 2.75) is 59.7 Å². The summed E-state index contributed by atoms with van der Waals surface area (Å²) in [5, 5.41) is 1.72. The van der Waals surface area contributed by atoms with Crippen molar-refractivity contribution in [3.63, 3.8) is 0 Å². The molecule has 0 heterocycles. The molecule has 1 fully saturated rings. The smallest absolute Gasteiger partial charge is 1.00 e. The van der Waals surface area contributed by atoms with Crippen LogP contribution < -0.4 is 24.8 Å². The van der Waals surface area contributed by atoms with Crippen molar-refractivity contribution >= 4 is 16.1 Å². The predicted octanol–water partition coefficient (Wildman–Crippen LogP) is 0.427. The first-order valence-electron chi connectivity index (χ1n) is 9.18. The normalized spacial score (nSPS) is 33.2. The standard InChI is InChI=1S/C11H21Si2.C9H11.2ClH.Ti/c1-12(2,3)10-7-8-11(9-10)13(4,5)6;1-2-5-9-7-3-6-8(9)4-1;;;/h7-9H,1-6H3;1-2,4-6,8-9H,3,7H2;2*1H;/q;;;;+2/p-2. The van der Waals surface area contributed by atoms with Gasteiger partial charge in [-0.05, 0) is 0 Å². The zero-order valence-corrected chi connectivity index (χ0v) is 21.5. The molecule has 0 aliphatic heterocycles. The van der Waals surface area contributed by atoms with Crippen molar-refractivity contribution in [2.75, 3.05) is 0 Å². The quantitative estimate of drug-likeness (QED) is 0.549. The average Bonchev–Trinajstić information content (AvgIpc) is 3.04. The fourth-order valence-corrected chi connectivity index (χ4v) is 13.2. The van der Waals surface area contributed by atoms with E-state index in [4.69, 9.17) is 0 Å². The summed E-state index contributed by atoms with van der Waals surface area (Å²) < 4.78 is 1.51. The second-order valence-corrected chi connectivity index (χ2v) is 23.7. The summed E-state index contributed by atoms with van der Waals surface area (Å²) in [4.78, 5) is 0. The van der Waals surface area contributed by atoms with Gasteiger partial charge in [-0.3, -0.25) is 0 Å². The molecule has 0 amide bonds. The van der Waals surface area contributed by atoms with Gasteiger partial charge in [0, 0.05) is 0 Å². The van der Waals surface area contributed by atoms with Crippen LogP contribution in [0.1, 0.15) is 12.8 Å². The summed E-state index contributed by atoms with van der Waals surface area (Å²) in [6.07, 6.45) is 20.5. The monoisotopic (exact) mass is 446 g/mol. The summed E-state index contributed by atoms with van der Waals surface area (Å²) in [6, 6.07) is 0. The van der Waals surface area contributed by atoms with Gasteiger partial charge in [-0.1, -0.05) is 0 Å². The minimum Gasteiger partial charge on any atom is -1.00 e. The molecule has 5 heteroatoms. The van der Waals surface area contributed by atoms with Crippen LogP contribution in [0.15, 0.2) is 47.7 Å². The zero-order chi connectivity index (χ0) is 16.9. The SMILES string of the molecule is C[Si](C)(C)C1=C[C]([Ti+2][CH]2CCC3C=CC=CC32)([Si](C)(C)C)C=C1.[Cl-].[Cl-]. The largest absolute Gasteiger partial charge is 1.00 e. The molecule has 0 nitrogen and oxygen atoms in total. The van der Waals surface area contributed by atoms with Crippen LogP contribution in [0.2, 0.25) is 46.8 Å². The fourth-order valence-electron chi connectivity index (χ4n) is 4.23. The maximum atomic E-state index is 2.79. The van der Waals surface area contributed by atoms with E-state index in [0.717, 1.165) is 16.1 Å². The molecule has 3 aliphatic carbocycles. The Kier molecular flexibility index (Phi) is 7.94. The van der Waals surface area contributed by atoms with Gasteiger partial charge in [0.2, 0.25) is 0 Å². The van der Waals surface area contributed by atoms with Crippen LogP contribution in [0.5, 0.6) is 0 Å². The average molecular weight is 447 g/mol. The number of allylic oxidation sites excluding steroid dienone is 8. The molecule has 0 saturated heterocycles. The van der Waals surface area contributed by atoms with Crippen LogP contribution in [0.3, 0.4) is 0 Å². The van der Waals surface area contributed by atoms with E-state index < -0.39 is 16.1 Å². The number of hydrogen-bond acceptors (Lipinski definition) is 0. The maximum Gasteiger partial charge on any atom is -1.00 e. The first-order chi connectivity index (χ1) is 10.6. The van der Waals surface area contributed by atoms with E-state index in [1.165, 1.54) is 12.8 Å². The second kappa shape index (κ2) is 8.37. The van der Waals surface area contributed by atoms with Gasteiger partial charge in [0.1, 0.15) is 0 Å². The zero-order valence-electron chi connectivity index (χ0n) is 16.4. The van der Waals surface area contributed by atoms with Gasteiger partial charge in [-0.15, -0.1) is 0 Å². The first-order valence-corrected chi connectivity index (χ1v) is 17.9. The minimum absolute atomic E-state index is 0. The number of fused-ring (bicyclic) bond motifs is 1. The molecule has 0 N–H and O–H groups in total. The summed E-state index contributed by atoms with van der Waals surface area (Å²) in [7, 11) is -2.44. The molecule has 3 rings (SSSR count). The molecule has 0 radical (unpaired) electrons. The molecule has 25 heavy (non-hydrogen) atoms. The second-order valence-electron chi connectivity index (χ2n) is 9.64. The summed E-state index contributed by atoms with van der Waals surface area (Å²) in [6.45, 7) is 15.3. The van der Waals surface area contributed by atoms with Gasteiger partial charge in [0.15, 0.2) is 0 Å². The van der Waals surface area contributed by atoms with E-state index in [1.807, 2.05) is 0 Å². The summed E-state index contributed by atoms with van der Waals surface area (Å²) >= 11 is -0.0118. The predicted molar refractivity (Wildman–Crippen MR) is 105 cm³/mol. The number of halogens is 2. The molecule has 0 bridgehead atoms. The summed E-state index contributed by atoms with van der Waals surface area (Å²) in [5.74, 6) is 1.70. The summed E-state index contributed by atoms with van der Waals surface area (Å²) in [5.41, 5.74) is 0. The molecule has 0 aromatic rings.